The molecule has 1 aromatic carbocycles. The SMILES string of the molecule is COc1ccc(CC2(O)CC2)c(C=O)c1. The molecule has 3 nitrogen and oxygen atoms in total. The number of carbonyl (C=O) groups excluding carboxylic acids is 1. The van der Waals surface area contributed by atoms with Gasteiger partial charge in [-0.1, -0.05) is 6.07 Å². The van der Waals surface area contributed by atoms with E-state index in [1.54, 1.807) is 13.2 Å². The van der Waals surface area contributed by atoms with E-state index >= 15 is 0 Å². The van der Waals surface area contributed by atoms with E-state index in [0.29, 0.717) is 17.7 Å². The largest absolute Gasteiger partial charge is 0.497 e. The number of ether oxygens (including phenoxy) is 1. The molecule has 1 aromatic rings. The Balaban J connectivity index is 2.26. The number of methoxy groups -OCH3 is 1. The Morgan fingerprint density at radius 1 is 1.53 bits per heavy atom. The van der Waals surface area contributed by atoms with Crippen LogP contribution in [-0.4, -0.2) is 24.1 Å². The summed E-state index contributed by atoms with van der Waals surface area (Å²) in [4.78, 5) is 10.9. The van der Waals surface area contributed by atoms with Crippen LogP contribution in [0.4, 0.5) is 0 Å². The van der Waals surface area contributed by atoms with Crippen molar-refractivity contribution in [3.05, 3.63) is 29.3 Å². The topological polar surface area (TPSA) is 46.5 Å². The zero-order chi connectivity index (χ0) is 10.9. The molecule has 0 heterocycles. The first-order chi connectivity index (χ1) is 7.17. The number of aliphatic hydroxyl groups is 1. The van der Waals surface area contributed by atoms with Crippen LogP contribution < -0.4 is 4.74 Å². The van der Waals surface area contributed by atoms with Gasteiger partial charge in [-0.2, -0.15) is 0 Å². The minimum atomic E-state index is -0.563. The van der Waals surface area contributed by atoms with Crippen molar-refractivity contribution in [3.63, 3.8) is 0 Å². The van der Waals surface area contributed by atoms with E-state index in [1.807, 2.05) is 12.1 Å². The lowest BCUT2D eigenvalue weighted by Gasteiger charge is -2.10. The van der Waals surface area contributed by atoms with Gasteiger partial charge in [0.25, 0.3) is 0 Å². The Morgan fingerprint density at radius 2 is 2.27 bits per heavy atom. The quantitative estimate of drug-likeness (QED) is 0.761. The van der Waals surface area contributed by atoms with Crippen molar-refractivity contribution in [2.45, 2.75) is 24.9 Å². The van der Waals surface area contributed by atoms with Gasteiger partial charge in [-0.3, -0.25) is 4.79 Å². The third-order valence-electron chi connectivity index (χ3n) is 2.83. The summed E-state index contributed by atoms with van der Waals surface area (Å²) in [7, 11) is 1.57. The van der Waals surface area contributed by atoms with Crippen LogP contribution in [0, 0.1) is 0 Å². The van der Waals surface area contributed by atoms with Crippen LogP contribution in [0.1, 0.15) is 28.8 Å². The van der Waals surface area contributed by atoms with Crippen LogP contribution in [0.3, 0.4) is 0 Å². The molecular weight excluding hydrogens is 192 g/mol. The second-order valence-electron chi connectivity index (χ2n) is 4.08. The molecule has 0 unspecified atom stereocenters. The molecule has 15 heavy (non-hydrogen) atoms. The van der Waals surface area contributed by atoms with Crippen molar-refractivity contribution in [2.24, 2.45) is 0 Å². The van der Waals surface area contributed by atoms with E-state index in [4.69, 9.17) is 4.74 Å². The van der Waals surface area contributed by atoms with Crippen LogP contribution in [0.25, 0.3) is 0 Å². The molecule has 0 radical (unpaired) electrons. The summed E-state index contributed by atoms with van der Waals surface area (Å²) in [5, 5.41) is 9.78. The van der Waals surface area contributed by atoms with Gasteiger partial charge in [0.15, 0.2) is 0 Å². The zero-order valence-corrected chi connectivity index (χ0v) is 8.69. The fourth-order valence-electron chi connectivity index (χ4n) is 1.65. The molecule has 2 rings (SSSR count). The Bertz CT molecular complexity index is 380. The summed E-state index contributed by atoms with van der Waals surface area (Å²) in [6, 6.07) is 5.36. The molecule has 3 heteroatoms. The van der Waals surface area contributed by atoms with Crippen molar-refractivity contribution >= 4 is 6.29 Å². The van der Waals surface area contributed by atoms with Gasteiger partial charge in [-0.05, 0) is 30.5 Å². The highest BCUT2D eigenvalue weighted by Gasteiger charge is 2.40. The molecule has 80 valence electrons. The van der Waals surface area contributed by atoms with E-state index in [0.717, 1.165) is 24.7 Å². The maximum absolute atomic E-state index is 10.9. The van der Waals surface area contributed by atoms with Crippen molar-refractivity contribution in [2.75, 3.05) is 7.11 Å². The van der Waals surface area contributed by atoms with Crippen LogP contribution in [-0.2, 0) is 6.42 Å². The number of aldehydes is 1. The Morgan fingerprint density at radius 3 is 2.80 bits per heavy atom. The second kappa shape index (κ2) is 3.66. The second-order valence-corrected chi connectivity index (χ2v) is 4.08. The molecule has 0 aromatic heterocycles. The van der Waals surface area contributed by atoms with Gasteiger partial charge in [-0.15, -0.1) is 0 Å². The molecule has 1 fully saturated rings. The molecule has 0 saturated heterocycles. The molecule has 1 saturated carbocycles. The highest BCUT2D eigenvalue weighted by atomic mass is 16.5. The molecule has 1 aliphatic rings. The van der Waals surface area contributed by atoms with Crippen molar-refractivity contribution < 1.29 is 14.6 Å². The Hall–Kier alpha value is -1.35. The smallest absolute Gasteiger partial charge is 0.150 e. The Kier molecular flexibility index (Phi) is 2.49. The van der Waals surface area contributed by atoms with Crippen molar-refractivity contribution in [1.82, 2.24) is 0 Å². The van der Waals surface area contributed by atoms with Crippen LogP contribution >= 0.6 is 0 Å². The monoisotopic (exact) mass is 206 g/mol. The first-order valence-electron chi connectivity index (χ1n) is 5.01. The van der Waals surface area contributed by atoms with Gasteiger partial charge < -0.3 is 9.84 Å². The van der Waals surface area contributed by atoms with E-state index in [1.165, 1.54) is 0 Å². The maximum atomic E-state index is 10.9. The predicted octanol–water partition coefficient (Wildman–Crippen LogP) is 1.58. The molecule has 0 bridgehead atoms. The predicted molar refractivity (Wildman–Crippen MR) is 56.3 cm³/mol. The first kappa shape index (κ1) is 10.2. The number of benzene rings is 1. The van der Waals surface area contributed by atoms with Crippen LogP contribution in [0.2, 0.25) is 0 Å². The lowest BCUT2D eigenvalue weighted by atomic mass is 10.0. The molecule has 0 atom stereocenters. The van der Waals surface area contributed by atoms with Crippen molar-refractivity contribution in [1.29, 1.82) is 0 Å². The van der Waals surface area contributed by atoms with E-state index in [9.17, 15) is 9.90 Å². The lowest BCUT2D eigenvalue weighted by Crippen LogP contribution is -2.12. The molecule has 0 spiro atoms. The minimum Gasteiger partial charge on any atom is -0.497 e. The van der Waals surface area contributed by atoms with E-state index in [-0.39, 0.29) is 0 Å². The van der Waals surface area contributed by atoms with E-state index in [2.05, 4.69) is 0 Å². The summed E-state index contributed by atoms with van der Waals surface area (Å²) in [5.74, 6) is 0.670. The minimum absolute atomic E-state index is 0.561. The highest BCUT2D eigenvalue weighted by Crippen LogP contribution is 2.39. The maximum Gasteiger partial charge on any atom is 0.150 e. The zero-order valence-electron chi connectivity index (χ0n) is 8.69. The summed E-state index contributed by atoms with van der Waals surface area (Å²) in [6.45, 7) is 0. The normalized spacial score (nSPS) is 17.2. The van der Waals surface area contributed by atoms with Gasteiger partial charge in [-0.25, -0.2) is 0 Å². The summed E-state index contributed by atoms with van der Waals surface area (Å²) in [5.41, 5.74) is 0.937. The molecular formula is C12H14O3. The standard InChI is InChI=1S/C12H14O3/c1-15-11-3-2-9(10(6-11)8-13)7-12(14)4-5-12/h2-3,6,8,14H,4-5,7H2,1H3. The van der Waals surface area contributed by atoms with Gasteiger partial charge in [0.1, 0.15) is 12.0 Å². The summed E-state index contributed by atoms with van der Waals surface area (Å²) < 4.78 is 5.04. The first-order valence-corrected chi connectivity index (χ1v) is 5.01. The fourth-order valence-corrected chi connectivity index (χ4v) is 1.65. The number of hydrogen-bond acceptors (Lipinski definition) is 3. The number of hydrogen-bond donors (Lipinski definition) is 1. The summed E-state index contributed by atoms with van der Waals surface area (Å²) >= 11 is 0. The number of carbonyl (C=O) groups is 1. The molecule has 0 aliphatic heterocycles. The lowest BCUT2D eigenvalue weighted by molar-refractivity contribution is 0.112. The van der Waals surface area contributed by atoms with E-state index < -0.39 is 5.60 Å². The average molecular weight is 206 g/mol. The highest BCUT2D eigenvalue weighted by molar-refractivity contribution is 5.78. The van der Waals surface area contributed by atoms with Crippen LogP contribution in [0.15, 0.2) is 18.2 Å². The average Bonchev–Trinajstić information content (AvgIpc) is 2.97. The third-order valence-corrected chi connectivity index (χ3v) is 2.83. The Labute approximate surface area is 88.7 Å². The molecule has 1 aliphatic carbocycles. The van der Waals surface area contributed by atoms with Crippen LogP contribution in [0.5, 0.6) is 5.75 Å². The van der Waals surface area contributed by atoms with Gasteiger partial charge in [0.2, 0.25) is 0 Å². The molecule has 1 N–H and O–H groups in total. The van der Waals surface area contributed by atoms with Gasteiger partial charge in [0.05, 0.1) is 12.7 Å². The third kappa shape index (κ3) is 2.18. The van der Waals surface area contributed by atoms with Gasteiger partial charge >= 0.3 is 0 Å². The number of rotatable bonds is 4. The van der Waals surface area contributed by atoms with Gasteiger partial charge in [0, 0.05) is 12.0 Å². The van der Waals surface area contributed by atoms with Crippen molar-refractivity contribution in [3.8, 4) is 5.75 Å². The fraction of sp³-hybridized carbons (Fsp3) is 0.417. The molecule has 0 amide bonds. The summed E-state index contributed by atoms with van der Waals surface area (Å²) in [6.07, 6.45) is 3.03.